The third kappa shape index (κ3) is 1.25. The maximum Gasteiger partial charge on any atom is 0.0647 e. The molecule has 1 aliphatic carbocycles. The van der Waals surface area contributed by atoms with Gasteiger partial charge in [0.2, 0.25) is 0 Å². The Hall–Kier alpha value is -1.48. The normalized spacial score (nSPS) is 17.7. The first-order valence-electron chi connectivity index (χ1n) is 5.69. The largest absolute Gasteiger partial charge is 0.349 e. The Morgan fingerprint density at radius 3 is 2.44 bits per heavy atom. The van der Waals surface area contributed by atoms with Gasteiger partial charge in [0.1, 0.15) is 0 Å². The lowest BCUT2D eigenvalue weighted by molar-refractivity contribution is 0.660. The maximum atomic E-state index is 6.25. The summed E-state index contributed by atoms with van der Waals surface area (Å²) in [7, 11) is 4.17. The number of hydrogen-bond donors (Lipinski definition) is 1. The zero-order valence-corrected chi connectivity index (χ0v) is 9.77. The minimum atomic E-state index is -0.0574. The lowest BCUT2D eigenvalue weighted by Gasteiger charge is -2.13. The van der Waals surface area contributed by atoms with Crippen molar-refractivity contribution < 1.29 is 0 Å². The topological polar surface area (TPSA) is 35.9 Å². The smallest absolute Gasteiger partial charge is 0.0647 e. The number of nitrogens with two attached hydrogens (primary N) is 1. The fourth-order valence-corrected chi connectivity index (χ4v) is 2.39. The van der Waals surface area contributed by atoms with Gasteiger partial charge in [-0.1, -0.05) is 0 Å². The third-order valence-corrected chi connectivity index (χ3v) is 3.63. The molecule has 3 nitrogen and oxygen atoms in total. The maximum absolute atomic E-state index is 6.25. The monoisotopic (exact) mass is 215 g/mol. The minimum Gasteiger partial charge on any atom is -0.349 e. The van der Waals surface area contributed by atoms with E-state index in [4.69, 9.17) is 5.73 Å². The van der Waals surface area contributed by atoms with Crippen molar-refractivity contribution in [3.8, 4) is 11.4 Å². The highest BCUT2D eigenvalue weighted by atomic mass is 15.1. The molecule has 1 fully saturated rings. The minimum absolute atomic E-state index is 0.0574. The van der Waals surface area contributed by atoms with E-state index in [9.17, 15) is 0 Å². The number of rotatable bonds is 2. The summed E-state index contributed by atoms with van der Waals surface area (Å²) in [5.41, 5.74) is 9.91. The molecule has 3 rings (SSSR count). The zero-order chi connectivity index (χ0) is 11.3. The first kappa shape index (κ1) is 9.73. The van der Waals surface area contributed by atoms with E-state index in [2.05, 4.69) is 53.7 Å². The molecule has 0 atom stereocenters. The van der Waals surface area contributed by atoms with Gasteiger partial charge in [-0.15, -0.1) is 0 Å². The molecule has 0 amide bonds. The summed E-state index contributed by atoms with van der Waals surface area (Å²) in [5.74, 6) is 0. The Bertz CT molecular complexity index is 529. The molecule has 0 aromatic carbocycles. The second kappa shape index (κ2) is 3.01. The molecule has 3 heteroatoms. The lowest BCUT2D eigenvalue weighted by atomic mass is 10.2. The molecule has 0 unspecified atom stereocenters. The first-order chi connectivity index (χ1) is 7.62. The van der Waals surface area contributed by atoms with E-state index in [1.165, 1.54) is 17.1 Å². The van der Waals surface area contributed by atoms with Crippen LogP contribution in [0, 0.1) is 0 Å². The second-order valence-corrected chi connectivity index (χ2v) is 4.82. The van der Waals surface area contributed by atoms with Crippen LogP contribution >= 0.6 is 0 Å². The molecule has 2 heterocycles. The SMILES string of the molecule is Cn1cccc1-c1ccc(C2(N)CC2)n1C. The Balaban J connectivity index is 2.10. The van der Waals surface area contributed by atoms with Crippen LogP contribution in [0.2, 0.25) is 0 Å². The van der Waals surface area contributed by atoms with Crippen LogP contribution in [0.5, 0.6) is 0 Å². The Labute approximate surface area is 95.5 Å². The van der Waals surface area contributed by atoms with Gasteiger partial charge < -0.3 is 14.9 Å². The average molecular weight is 215 g/mol. The predicted molar refractivity (Wildman–Crippen MR) is 64.9 cm³/mol. The molecule has 0 radical (unpaired) electrons. The molecule has 16 heavy (non-hydrogen) atoms. The number of aromatic nitrogens is 2. The van der Waals surface area contributed by atoms with Crippen molar-refractivity contribution in [2.45, 2.75) is 18.4 Å². The van der Waals surface area contributed by atoms with E-state index in [1.54, 1.807) is 0 Å². The van der Waals surface area contributed by atoms with Crippen LogP contribution in [-0.2, 0) is 19.6 Å². The van der Waals surface area contributed by atoms with Gasteiger partial charge in [-0.05, 0) is 37.1 Å². The molecule has 0 spiro atoms. The van der Waals surface area contributed by atoms with Crippen molar-refractivity contribution in [2.75, 3.05) is 0 Å². The summed E-state index contributed by atoms with van der Waals surface area (Å²) in [6.07, 6.45) is 4.28. The van der Waals surface area contributed by atoms with Gasteiger partial charge in [-0.2, -0.15) is 0 Å². The van der Waals surface area contributed by atoms with Crippen molar-refractivity contribution in [3.05, 3.63) is 36.2 Å². The summed E-state index contributed by atoms with van der Waals surface area (Å²) in [5, 5.41) is 0. The van der Waals surface area contributed by atoms with Gasteiger partial charge in [-0.25, -0.2) is 0 Å². The molecule has 0 aliphatic heterocycles. The molecule has 1 saturated carbocycles. The fraction of sp³-hybridized carbons (Fsp3) is 0.385. The van der Waals surface area contributed by atoms with Crippen molar-refractivity contribution in [2.24, 2.45) is 19.8 Å². The molecule has 2 aromatic rings. The number of hydrogen-bond acceptors (Lipinski definition) is 1. The van der Waals surface area contributed by atoms with Crippen LogP contribution in [0.15, 0.2) is 30.5 Å². The highest BCUT2D eigenvalue weighted by Crippen LogP contribution is 2.43. The standard InChI is InChI=1S/C13H17N3/c1-15-9-3-4-10(15)11-5-6-12(16(11)2)13(14)7-8-13/h3-6,9H,7-8,14H2,1-2H3. The van der Waals surface area contributed by atoms with Crippen LogP contribution in [0.4, 0.5) is 0 Å². The number of nitrogens with zero attached hydrogens (tertiary/aromatic N) is 2. The van der Waals surface area contributed by atoms with Crippen LogP contribution in [0.25, 0.3) is 11.4 Å². The van der Waals surface area contributed by atoms with E-state index < -0.39 is 0 Å². The zero-order valence-electron chi connectivity index (χ0n) is 9.77. The van der Waals surface area contributed by atoms with E-state index >= 15 is 0 Å². The average Bonchev–Trinajstić information content (AvgIpc) is 2.69. The molecule has 0 saturated heterocycles. The van der Waals surface area contributed by atoms with E-state index in [1.807, 2.05) is 0 Å². The van der Waals surface area contributed by atoms with Crippen LogP contribution in [0.1, 0.15) is 18.5 Å². The molecular formula is C13H17N3. The van der Waals surface area contributed by atoms with Crippen molar-refractivity contribution in [1.82, 2.24) is 9.13 Å². The Morgan fingerprint density at radius 2 is 1.88 bits per heavy atom. The van der Waals surface area contributed by atoms with Crippen molar-refractivity contribution >= 4 is 0 Å². The second-order valence-electron chi connectivity index (χ2n) is 4.82. The summed E-state index contributed by atoms with van der Waals surface area (Å²) in [6.45, 7) is 0. The van der Waals surface area contributed by atoms with Gasteiger partial charge in [0, 0.05) is 26.0 Å². The van der Waals surface area contributed by atoms with E-state index in [-0.39, 0.29) is 5.54 Å². The van der Waals surface area contributed by atoms with Crippen molar-refractivity contribution in [1.29, 1.82) is 0 Å². The molecule has 2 N–H and O–H groups in total. The van der Waals surface area contributed by atoms with Crippen LogP contribution in [0.3, 0.4) is 0 Å². The van der Waals surface area contributed by atoms with Crippen molar-refractivity contribution in [3.63, 3.8) is 0 Å². The van der Waals surface area contributed by atoms with E-state index in [0.29, 0.717) is 0 Å². The summed E-state index contributed by atoms with van der Waals surface area (Å²) in [4.78, 5) is 0. The quantitative estimate of drug-likeness (QED) is 0.817. The van der Waals surface area contributed by atoms with Crippen LogP contribution in [-0.4, -0.2) is 9.13 Å². The van der Waals surface area contributed by atoms with Gasteiger partial charge >= 0.3 is 0 Å². The fourth-order valence-electron chi connectivity index (χ4n) is 2.39. The highest BCUT2D eigenvalue weighted by Gasteiger charge is 2.42. The summed E-state index contributed by atoms with van der Waals surface area (Å²) in [6, 6.07) is 8.53. The van der Waals surface area contributed by atoms with Gasteiger partial charge in [0.05, 0.1) is 16.9 Å². The predicted octanol–water partition coefficient (Wildman–Crippen LogP) is 1.98. The molecule has 1 aliphatic rings. The van der Waals surface area contributed by atoms with Crippen LogP contribution < -0.4 is 5.73 Å². The highest BCUT2D eigenvalue weighted by molar-refractivity contribution is 5.58. The first-order valence-corrected chi connectivity index (χ1v) is 5.69. The molecule has 84 valence electrons. The Morgan fingerprint density at radius 1 is 1.12 bits per heavy atom. The van der Waals surface area contributed by atoms with Gasteiger partial charge in [-0.3, -0.25) is 0 Å². The molecular weight excluding hydrogens is 198 g/mol. The molecule has 2 aromatic heterocycles. The van der Waals surface area contributed by atoms with Gasteiger partial charge in [0.25, 0.3) is 0 Å². The summed E-state index contributed by atoms with van der Waals surface area (Å²) >= 11 is 0. The summed E-state index contributed by atoms with van der Waals surface area (Å²) < 4.78 is 4.36. The van der Waals surface area contributed by atoms with E-state index in [0.717, 1.165) is 12.8 Å². The third-order valence-electron chi connectivity index (χ3n) is 3.63. The Kier molecular flexibility index (Phi) is 1.83. The number of aryl methyl sites for hydroxylation is 1. The molecule has 0 bridgehead atoms. The van der Waals surface area contributed by atoms with Gasteiger partial charge in [0.15, 0.2) is 0 Å². The lowest BCUT2D eigenvalue weighted by Crippen LogP contribution is -2.22.